The van der Waals surface area contributed by atoms with Crippen molar-refractivity contribution < 1.29 is 4.79 Å². The van der Waals surface area contributed by atoms with Gasteiger partial charge in [0, 0.05) is 24.0 Å². The average molecular weight is 446 g/mol. The van der Waals surface area contributed by atoms with Crippen LogP contribution >= 0.6 is 24.8 Å². The second-order valence-electron chi connectivity index (χ2n) is 7.84. The summed E-state index contributed by atoms with van der Waals surface area (Å²) in [5, 5.41) is 4.18. The number of fused-ring (bicyclic) bond motifs is 1. The molecule has 1 saturated heterocycles. The molecule has 2 aromatic carbocycles. The summed E-state index contributed by atoms with van der Waals surface area (Å²) in [5.74, 6) is 0.645. The first-order chi connectivity index (χ1) is 13.6. The second-order valence-corrected chi connectivity index (χ2v) is 7.84. The fourth-order valence-electron chi connectivity index (χ4n) is 4.06. The second kappa shape index (κ2) is 10.3. The minimum absolute atomic E-state index is 0. The van der Waals surface area contributed by atoms with Crippen molar-refractivity contribution in [3.05, 3.63) is 65.2 Å². The van der Waals surface area contributed by atoms with Gasteiger partial charge >= 0.3 is 0 Å². The Morgan fingerprint density at radius 3 is 2.50 bits per heavy atom. The lowest BCUT2D eigenvalue weighted by molar-refractivity contribution is 0.0789. The Morgan fingerprint density at radius 1 is 1.10 bits per heavy atom. The molecule has 1 amide bonds. The first-order valence-electron chi connectivity index (χ1n) is 9.98. The normalized spacial score (nSPS) is 15.6. The highest BCUT2D eigenvalue weighted by Gasteiger charge is 2.28. The Kier molecular flexibility index (Phi) is 8.25. The zero-order chi connectivity index (χ0) is 19.7. The summed E-state index contributed by atoms with van der Waals surface area (Å²) < 4.78 is 0. The van der Waals surface area contributed by atoms with Gasteiger partial charge in [-0.15, -0.1) is 24.8 Å². The topological polar surface area (TPSA) is 45.2 Å². The van der Waals surface area contributed by atoms with Crippen LogP contribution in [0.15, 0.2) is 48.5 Å². The molecule has 160 valence electrons. The molecule has 3 aromatic rings. The van der Waals surface area contributed by atoms with E-state index in [4.69, 9.17) is 4.98 Å². The van der Waals surface area contributed by atoms with Gasteiger partial charge in [0.05, 0.1) is 16.8 Å². The van der Waals surface area contributed by atoms with Gasteiger partial charge in [0.1, 0.15) is 0 Å². The maximum absolute atomic E-state index is 13.5. The number of aryl methyl sites for hydroxylation is 2. The van der Waals surface area contributed by atoms with E-state index in [1.54, 1.807) is 0 Å². The van der Waals surface area contributed by atoms with E-state index in [2.05, 4.69) is 31.3 Å². The van der Waals surface area contributed by atoms with Crippen LogP contribution in [-0.2, 0) is 0 Å². The van der Waals surface area contributed by atoms with E-state index in [9.17, 15) is 4.79 Å². The summed E-state index contributed by atoms with van der Waals surface area (Å²) in [6.07, 6.45) is 1.05. The van der Waals surface area contributed by atoms with Gasteiger partial charge in [0.2, 0.25) is 0 Å². The third kappa shape index (κ3) is 4.77. The van der Waals surface area contributed by atoms with E-state index >= 15 is 0 Å². The molecule has 1 fully saturated rings. The largest absolute Gasteiger partial charge is 0.338 e. The molecule has 1 aromatic heterocycles. The van der Waals surface area contributed by atoms with Crippen LogP contribution in [0.4, 0.5) is 0 Å². The average Bonchev–Trinajstić information content (AvgIpc) is 3.17. The summed E-state index contributed by atoms with van der Waals surface area (Å²) in [6.45, 7) is 6.77. The Morgan fingerprint density at radius 2 is 1.80 bits per heavy atom. The number of rotatable bonds is 4. The van der Waals surface area contributed by atoms with Crippen LogP contribution in [0, 0.1) is 19.8 Å². The lowest BCUT2D eigenvalue weighted by atomic mass is 9.99. The molecule has 0 spiro atoms. The molecule has 2 heterocycles. The number of benzene rings is 2. The zero-order valence-corrected chi connectivity index (χ0v) is 19.3. The predicted molar refractivity (Wildman–Crippen MR) is 129 cm³/mol. The lowest BCUT2D eigenvalue weighted by Crippen LogP contribution is -2.30. The summed E-state index contributed by atoms with van der Waals surface area (Å²) in [6, 6.07) is 16.3. The SMILES string of the molecule is CNCC1CCN(C(=O)c2cc(-c3ccccc3)nc3cc(C)c(C)cc23)C1.Cl.Cl. The number of nitrogens with zero attached hydrogens (tertiary/aromatic N) is 2. The molecule has 0 saturated carbocycles. The van der Waals surface area contributed by atoms with Gasteiger partial charge in [0.25, 0.3) is 5.91 Å². The molecule has 1 atom stereocenters. The number of amides is 1. The molecular formula is C24H29Cl2N3O. The van der Waals surface area contributed by atoms with E-state index in [0.29, 0.717) is 5.92 Å². The minimum Gasteiger partial charge on any atom is -0.338 e. The Bertz CT molecular complexity index is 1020. The minimum atomic E-state index is 0. The van der Waals surface area contributed by atoms with E-state index in [-0.39, 0.29) is 30.7 Å². The van der Waals surface area contributed by atoms with Crippen molar-refractivity contribution in [3.63, 3.8) is 0 Å². The maximum Gasteiger partial charge on any atom is 0.254 e. The molecule has 1 aliphatic rings. The van der Waals surface area contributed by atoms with Gasteiger partial charge in [0.15, 0.2) is 0 Å². The van der Waals surface area contributed by atoms with Crippen molar-refractivity contribution in [2.24, 2.45) is 5.92 Å². The third-order valence-electron chi connectivity index (χ3n) is 5.79. The molecule has 0 aliphatic carbocycles. The first-order valence-corrected chi connectivity index (χ1v) is 9.98. The number of nitrogens with one attached hydrogen (secondary N) is 1. The van der Waals surface area contributed by atoms with Crippen LogP contribution in [-0.4, -0.2) is 42.5 Å². The molecule has 0 radical (unpaired) electrons. The quantitative estimate of drug-likeness (QED) is 0.611. The summed E-state index contributed by atoms with van der Waals surface area (Å²) >= 11 is 0. The van der Waals surface area contributed by atoms with Crippen molar-refractivity contribution in [1.82, 2.24) is 15.2 Å². The molecule has 1 unspecified atom stereocenters. The van der Waals surface area contributed by atoms with E-state index in [0.717, 1.165) is 53.8 Å². The first kappa shape index (κ1) is 24.1. The summed E-state index contributed by atoms with van der Waals surface area (Å²) in [7, 11) is 1.97. The van der Waals surface area contributed by atoms with Gasteiger partial charge < -0.3 is 10.2 Å². The summed E-state index contributed by atoms with van der Waals surface area (Å²) in [5.41, 5.74) is 5.91. The zero-order valence-electron chi connectivity index (χ0n) is 17.6. The fourth-order valence-corrected chi connectivity index (χ4v) is 4.06. The van der Waals surface area contributed by atoms with Gasteiger partial charge in [-0.2, -0.15) is 0 Å². The molecule has 30 heavy (non-hydrogen) atoms. The van der Waals surface area contributed by atoms with E-state index < -0.39 is 0 Å². The highest BCUT2D eigenvalue weighted by Crippen LogP contribution is 2.29. The molecular weight excluding hydrogens is 417 g/mol. The van der Waals surface area contributed by atoms with Crippen molar-refractivity contribution in [3.8, 4) is 11.3 Å². The molecule has 4 rings (SSSR count). The molecule has 0 bridgehead atoms. The Hall–Kier alpha value is -2.14. The van der Waals surface area contributed by atoms with Crippen LogP contribution in [0.2, 0.25) is 0 Å². The highest BCUT2D eigenvalue weighted by atomic mass is 35.5. The van der Waals surface area contributed by atoms with Crippen molar-refractivity contribution in [1.29, 1.82) is 0 Å². The van der Waals surface area contributed by atoms with Gasteiger partial charge in [-0.05, 0) is 69.1 Å². The van der Waals surface area contributed by atoms with Crippen LogP contribution in [0.25, 0.3) is 22.2 Å². The van der Waals surface area contributed by atoms with Crippen LogP contribution in [0.1, 0.15) is 27.9 Å². The molecule has 4 nitrogen and oxygen atoms in total. The highest BCUT2D eigenvalue weighted by molar-refractivity contribution is 6.07. The number of halogens is 2. The Labute approximate surface area is 190 Å². The number of pyridine rings is 1. The van der Waals surface area contributed by atoms with Gasteiger partial charge in [-0.25, -0.2) is 4.98 Å². The number of aromatic nitrogens is 1. The third-order valence-corrected chi connectivity index (χ3v) is 5.79. The molecule has 6 heteroatoms. The number of hydrogen-bond acceptors (Lipinski definition) is 3. The molecule has 1 aliphatic heterocycles. The van der Waals surface area contributed by atoms with E-state index in [1.807, 2.05) is 48.3 Å². The van der Waals surface area contributed by atoms with Crippen molar-refractivity contribution >= 4 is 41.6 Å². The smallest absolute Gasteiger partial charge is 0.254 e. The van der Waals surface area contributed by atoms with Crippen molar-refractivity contribution in [2.45, 2.75) is 20.3 Å². The summed E-state index contributed by atoms with van der Waals surface area (Å²) in [4.78, 5) is 20.3. The standard InChI is InChI=1S/C24H27N3O.2ClH/c1-16-11-20-21(24(28)27-10-9-18(15-27)14-25-3)13-22(19-7-5-4-6-8-19)26-23(20)12-17(16)2;;/h4-8,11-13,18,25H,9-10,14-15H2,1-3H3;2*1H. The maximum atomic E-state index is 13.5. The monoisotopic (exact) mass is 445 g/mol. The molecule has 1 N–H and O–H groups in total. The van der Waals surface area contributed by atoms with Crippen LogP contribution in [0.3, 0.4) is 0 Å². The number of hydrogen-bond donors (Lipinski definition) is 1. The van der Waals surface area contributed by atoms with Gasteiger partial charge in [-0.3, -0.25) is 4.79 Å². The van der Waals surface area contributed by atoms with E-state index in [1.165, 1.54) is 11.1 Å². The number of carbonyl (C=O) groups excluding carboxylic acids is 1. The lowest BCUT2D eigenvalue weighted by Gasteiger charge is -2.19. The predicted octanol–water partition coefficient (Wildman–Crippen LogP) is 5.04. The van der Waals surface area contributed by atoms with Crippen molar-refractivity contribution in [2.75, 3.05) is 26.7 Å². The number of carbonyl (C=O) groups is 1. The number of likely N-dealkylation sites (tertiary alicyclic amines) is 1. The fraction of sp³-hybridized carbons (Fsp3) is 0.333. The van der Waals surface area contributed by atoms with Crippen LogP contribution < -0.4 is 5.32 Å². The van der Waals surface area contributed by atoms with Gasteiger partial charge in [-0.1, -0.05) is 30.3 Å². The van der Waals surface area contributed by atoms with Crippen LogP contribution in [0.5, 0.6) is 0 Å². The Balaban J connectivity index is 0.00000160.